The number of carbonyl (C=O) groups excluding carboxylic acids is 1. The van der Waals surface area contributed by atoms with Crippen LogP contribution in [0.25, 0.3) is 0 Å². The molecule has 6 heteroatoms. The third kappa shape index (κ3) is 2.65. The summed E-state index contributed by atoms with van der Waals surface area (Å²) in [5.74, 6) is -1.07. The number of nitrogens with one attached hydrogen (secondary N) is 1. The van der Waals surface area contributed by atoms with Crippen LogP contribution in [0.15, 0.2) is 41.1 Å². The van der Waals surface area contributed by atoms with E-state index < -0.39 is 11.7 Å². The van der Waals surface area contributed by atoms with E-state index in [4.69, 9.17) is 0 Å². The Hall–Kier alpha value is -1.82. The van der Waals surface area contributed by atoms with Gasteiger partial charge in [-0.3, -0.25) is 10.1 Å². The number of anilines is 1. The summed E-state index contributed by atoms with van der Waals surface area (Å²) in [5.41, 5.74) is -0.0695. The van der Waals surface area contributed by atoms with Crippen LogP contribution in [0.4, 0.5) is 10.3 Å². The van der Waals surface area contributed by atoms with E-state index in [2.05, 4.69) is 31.2 Å². The van der Waals surface area contributed by atoms with Gasteiger partial charge in [-0.2, -0.15) is 0 Å². The molecule has 0 saturated heterocycles. The van der Waals surface area contributed by atoms with Crippen molar-refractivity contribution in [1.29, 1.82) is 0 Å². The molecule has 1 N–H and O–H groups in total. The summed E-state index contributed by atoms with van der Waals surface area (Å²) in [5, 5.41) is 2.41. The molecule has 0 aliphatic rings. The van der Waals surface area contributed by atoms with Crippen LogP contribution in [0, 0.1) is 5.82 Å². The highest BCUT2D eigenvalue weighted by molar-refractivity contribution is 9.10. The van der Waals surface area contributed by atoms with Gasteiger partial charge < -0.3 is 0 Å². The second kappa shape index (κ2) is 5.01. The lowest BCUT2D eigenvalue weighted by molar-refractivity contribution is 0.102. The molecule has 4 nitrogen and oxygen atoms in total. The van der Waals surface area contributed by atoms with Gasteiger partial charge in [0, 0.05) is 16.9 Å². The van der Waals surface area contributed by atoms with Crippen molar-refractivity contribution in [2.75, 3.05) is 5.32 Å². The fraction of sp³-hybridized carbons (Fsp3) is 0. The number of halogens is 2. The van der Waals surface area contributed by atoms with Crippen molar-refractivity contribution in [3.05, 3.63) is 52.5 Å². The topological polar surface area (TPSA) is 54.9 Å². The second-order valence-corrected chi connectivity index (χ2v) is 3.98. The van der Waals surface area contributed by atoms with E-state index in [0.29, 0.717) is 4.47 Å². The molecule has 0 aliphatic heterocycles. The zero-order valence-electron chi connectivity index (χ0n) is 8.52. The average Bonchev–Trinajstić information content (AvgIpc) is 2.30. The van der Waals surface area contributed by atoms with Gasteiger partial charge in [-0.15, -0.1) is 0 Å². The van der Waals surface area contributed by atoms with Crippen molar-refractivity contribution >= 4 is 27.8 Å². The maximum absolute atomic E-state index is 13.5. The van der Waals surface area contributed by atoms with Crippen LogP contribution in [-0.2, 0) is 0 Å². The summed E-state index contributed by atoms with van der Waals surface area (Å²) >= 11 is 3.12. The normalized spacial score (nSPS) is 10.0. The fourth-order valence-electron chi connectivity index (χ4n) is 1.24. The summed E-state index contributed by atoms with van der Waals surface area (Å²) < 4.78 is 13.9. The maximum atomic E-state index is 13.5. The summed E-state index contributed by atoms with van der Waals surface area (Å²) in [6.07, 6.45) is 2.97. The molecule has 0 fully saturated rings. The molecule has 2 rings (SSSR count). The van der Waals surface area contributed by atoms with Crippen molar-refractivity contribution in [2.24, 2.45) is 0 Å². The molecule has 1 heterocycles. The Balaban J connectivity index is 2.27. The van der Waals surface area contributed by atoms with E-state index >= 15 is 0 Å². The first-order valence-electron chi connectivity index (χ1n) is 4.71. The van der Waals surface area contributed by atoms with E-state index in [1.54, 1.807) is 12.1 Å². The monoisotopic (exact) mass is 295 g/mol. The zero-order valence-corrected chi connectivity index (χ0v) is 10.1. The molecule has 0 unspecified atom stereocenters. The molecular weight excluding hydrogens is 289 g/mol. The molecule has 0 radical (unpaired) electrons. The summed E-state index contributed by atoms with van der Waals surface area (Å²) in [6, 6.07) is 5.93. The fourth-order valence-corrected chi connectivity index (χ4v) is 1.76. The van der Waals surface area contributed by atoms with Gasteiger partial charge in [0.15, 0.2) is 0 Å². The SMILES string of the molecule is O=C(Nc1ncccn1)c1c(F)cccc1Br. The summed E-state index contributed by atoms with van der Waals surface area (Å²) in [6.45, 7) is 0. The standard InChI is InChI=1S/C11H7BrFN3O/c12-7-3-1-4-8(13)9(7)10(17)16-11-14-5-2-6-15-11/h1-6H,(H,14,15,16,17). The average molecular weight is 296 g/mol. The zero-order chi connectivity index (χ0) is 12.3. The van der Waals surface area contributed by atoms with E-state index in [1.807, 2.05) is 0 Å². The quantitative estimate of drug-likeness (QED) is 0.927. The van der Waals surface area contributed by atoms with Crippen LogP contribution >= 0.6 is 15.9 Å². The Morgan fingerprint density at radius 2 is 1.94 bits per heavy atom. The lowest BCUT2D eigenvalue weighted by Crippen LogP contribution is -2.16. The number of carbonyl (C=O) groups is 1. The van der Waals surface area contributed by atoms with Gasteiger partial charge in [0.2, 0.25) is 5.95 Å². The Morgan fingerprint density at radius 1 is 1.24 bits per heavy atom. The molecule has 1 aromatic carbocycles. The smallest absolute Gasteiger partial charge is 0.262 e. The van der Waals surface area contributed by atoms with Crippen molar-refractivity contribution in [3.63, 3.8) is 0 Å². The maximum Gasteiger partial charge on any atom is 0.262 e. The number of nitrogens with zero attached hydrogens (tertiary/aromatic N) is 2. The molecule has 17 heavy (non-hydrogen) atoms. The van der Waals surface area contributed by atoms with Gasteiger partial charge in [-0.1, -0.05) is 6.07 Å². The highest BCUT2D eigenvalue weighted by atomic mass is 79.9. The molecule has 0 aliphatic carbocycles. The summed E-state index contributed by atoms with van der Waals surface area (Å²) in [7, 11) is 0. The number of hydrogen-bond acceptors (Lipinski definition) is 3. The van der Waals surface area contributed by atoms with Crippen LogP contribution in [0.2, 0.25) is 0 Å². The Morgan fingerprint density at radius 3 is 2.59 bits per heavy atom. The van der Waals surface area contributed by atoms with Gasteiger partial charge in [0.05, 0.1) is 5.56 Å². The molecule has 0 bridgehead atoms. The highest BCUT2D eigenvalue weighted by Gasteiger charge is 2.15. The minimum Gasteiger partial charge on any atom is -0.290 e. The third-order valence-electron chi connectivity index (χ3n) is 1.98. The van der Waals surface area contributed by atoms with Crippen LogP contribution in [0.3, 0.4) is 0 Å². The molecule has 1 amide bonds. The molecule has 1 aromatic heterocycles. The van der Waals surface area contributed by atoms with Gasteiger partial charge in [0.25, 0.3) is 5.91 Å². The third-order valence-corrected chi connectivity index (χ3v) is 2.64. The second-order valence-electron chi connectivity index (χ2n) is 3.12. The first-order valence-corrected chi connectivity index (χ1v) is 5.50. The minimum atomic E-state index is -0.604. The van der Waals surface area contributed by atoms with Gasteiger partial charge >= 0.3 is 0 Å². The van der Waals surface area contributed by atoms with Crippen LogP contribution in [-0.4, -0.2) is 15.9 Å². The number of amides is 1. The van der Waals surface area contributed by atoms with Crippen LogP contribution in [0.5, 0.6) is 0 Å². The first-order chi connectivity index (χ1) is 8.18. The Kier molecular flexibility index (Phi) is 3.43. The van der Waals surface area contributed by atoms with Crippen molar-refractivity contribution in [1.82, 2.24) is 9.97 Å². The molecular formula is C11H7BrFN3O. The van der Waals surface area contributed by atoms with E-state index in [0.717, 1.165) is 0 Å². The largest absolute Gasteiger partial charge is 0.290 e. The number of aromatic nitrogens is 2. The Labute approximate surface area is 105 Å². The minimum absolute atomic E-state index is 0.0695. The van der Waals surface area contributed by atoms with Gasteiger partial charge in [-0.05, 0) is 34.1 Å². The number of hydrogen-bond donors (Lipinski definition) is 1. The molecule has 0 atom stereocenters. The number of rotatable bonds is 2. The van der Waals surface area contributed by atoms with E-state index in [1.165, 1.54) is 24.5 Å². The molecule has 86 valence electrons. The predicted octanol–water partition coefficient (Wildman–Crippen LogP) is 2.63. The molecule has 0 saturated carbocycles. The van der Waals surface area contributed by atoms with Crippen LogP contribution < -0.4 is 5.32 Å². The predicted molar refractivity (Wildman–Crippen MR) is 64.1 cm³/mol. The lowest BCUT2D eigenvalue weighted by Gasteiger charge is -2.05. The van der Waals surface area contributed by atoms with E-state index in [-0.39, 0.29) is 11.5 Å². The van der Waals surface area contributed by atoms with Crippen molar-refractivity contribution in [2.45, 2.75) is 0 Å². The molecule has 0 spiro atoms. The van der Waals surface area contributed by atoms with Gasteiger partial charge in [0.1, 0.15) is 5.82 Å². The van der Waals surface area contributed by atoms with E-state index in [9.17, 15) is 9.18 Å². The van der Waals surface area contributed by atoms with Gasteiger partial charge in [-0.25, -0.2) is 14.4 Å². The Bertz CT molecular complexity index is 527. The van der Waals surface area contributed by atoms with Crippen molar-refractivity contribution < 1.29 is 9.18 Å². The lowest BCUT2D eigenvalue weighted by atomic mass is 10.2. The summed E-state index contributed by atoms with van der Waals surface area (Å²) in [4.78, 5) is 19.4. The number of benzene rings is 1. The highest BCUT2D eigenvalue weighted by Crippen LogP contribution is 2.20. The first kappa shape index (κ1) is 11.7. The van der Waals surface area contributed by atoms with Crippen LogP contribution in [0.1, 0.15) is 10.4 Å². The van der Waals surface area contributed by atoms with Crippen molar-refractivity contribution in [3.8, 4) is 0 Å². The molecule has 2 aromatic rings.